The number of aromatic nitrogens is 1. The molecule has 2 heterocycles. The normalized spacial score (nSPS) is 17.2. The van der Waals surface area contributed by atoms with E-state index in [1.807, 2.05) is 29.2 Å². The number of hydrogen-bond donors (Lipinski definition) is 1. The highest BCUT2D eigenvalue weighted by molar-refractivity contribution is 7.88. The van der Waals surface area contributed by atoms with E-state index < -0.39 is 16.1 Å². The second-order valence-electron chi connectivity index (χ2n) is 5.89. The Morgan fingerprint density at radius 1 is 1.25 bits per heavy atom. The minimum Gasteiger partial charge on any atom is -0.423 e. The zero-order valence-electron chi connectivity index (χ0n) is 13.6. The van der Waals surface area contributed by atoms with Crippen molar-refractivity contribution in [2.24, 2.45) is 0 Å². The summed E-state index contributed by atoms with van der Waals surface area (Å²) in [5.74, 6) is -0.224. The SMILES string of the molecule is C[C@@H](NS(C)(=O)=O)C(=O)N1CCN(c2nc3ccccc3o2)CC1. The molecule has 1 amide bonds. The lowest BCUT2D eigenvalue weighted by Gasteiger charge is -2.35. The van der Waals surface area contributed by atoms with Crippen LogP contribution in [0.3, 0.4) is 0 Å². The summed E-state index contributed by atoms with van der Waals surface area (Å²) in [5, 5.41) is 0. The maximum atomic E-state index is 12.3. The van der Waals surface area contributed by atoms with Crippen molar-refractivity contribution in [1.82, 2.24) is 14.6 Å². The third-order valence-corrected chi connectivity index (χ3v) is 4.69. The Morgan fingerprint density at radius 3 is 2.54 bits per heavy atom. The highest BCUT2D eigenvalue weighted by Crippen LogP contribution is 2.22. The van der Waals surface area contributed by atoms with E-state index in [4.69, 9.17) is 4.42 Å². The van der Waals surface area contributed by atoms with E-state index in [1.54, 1.807) is 11.8 Å². The van der Waals surface area contributed by atoms with Crippen LogP contribution in [0.2, 0.25) is 0 Å². The summed E-state index contributed by atoms with van der Waals surface area (Å²) in [6.45, 7) is 3.71. The van der Waals surface area contributed by atoms with Crippen LogP contribution in [0.5, 0.6) is 0 Å². The van der Waals surface area contributed by atoms with Crippen LogP contribution in [0.25, 0.3) is 11.1 Å². The van der Waals surface area contributed by atoms with Crippen LogP contribution in [-0.2, 0) is 14.8 Å². The quantitative estimate of drug-likeness (QED) is 0.856. The van der Waals surface area contributed by atoms with Gasteiger partial charge in [0, 0.05) is 26.2 Å². The molecule has 0 saturated carbocycles. The van der Waals surface area contributed by atoms with Crippen molar-refractivity contribution < 1.29 is 17.6 Å². The number of anilines is 1. The van der Waals surface area contributed by atoms with Gasteiger partial charge in [0.1, 0.15) is 5.52 Å². The molecular weight excluding hydrogens is 332 g/mol. The Hall–Kier alpha value is -2.13. The largest absolute Gasteiger partial charge is 0.423 e. The summed E-state index contributed by atoms with van der Waals surface area (Å²) in [6, 6.07) is 7.33. The first-order valence-electron chi connectivity index (χ1n) is 7.70. The summed E-state index contributed by atoms with van der Waals surface area (Å²) in [4.78, 5) is 20.4. The number of sulfonamides is 1. The molecule has 0 unspecified atom stereocenters. The second kappa shape index (κ2) is 6.40. The number of carbonyl (C=O) groups is 1. The fourth-order valence-electron chi connectivity index (χ4n) is 2.76. The molecule has 1 saturated heterocycles. The number of carbonyl (C=O) groups excluding carboxylic acids is 1. The van der Waals surface area contributed by atoms with Crippen molar-refractivity contribution in [1.29, 1.82) is 0 Å². The molecule has 130 valence electrons. The molecule has 1 fully saturated rings. The number of para-hydroxylation sites is 2. The molecule has 1 atom stereocenters. The van der Waals surface area contributed by atoms with Crippen molar-refractivity contribution in [2.45, 2.75) is 13.0 Å². The fraction of sp³-hybridized carbons (Fsp3) is 0.467. The van der Waals surface area contributed by atoms with E-state index in [2.05, 4.69) is 9.71 Å². The molecule has 3 rings (SSSR count). The first-order valence-corrected chi connectivity index (χ1v) is 9.59. The molecule has 1 aliphatic heterocycles. The number of amides is 1. The average molecular weight is 352 g/mol. The summed E-state index contributed by atoms with van der Waals surface area (Å²) in [5.41, 5.74) is 1.54. The fourth-order valence-corrected chi connectivity index (χ4v) is 3.50. The van der Waals surface area contributed by atoms with Gasteiger partial charge in [-0.25, -0.2) is 13.1 Å². The van der Waals surface area contributed by atoms with Crippen molar-refractivity contribution in [3.05, 3.63) is 24.3 Å². The summed E-state index contributed by atoms with van der Waals surface area (Å²) < 4.78 is 30.5. The van der Waals surface area contributed by atoms with E-state index in [0.29, 0.717) is 32.2 Å². The van der Waals surface area contributed by atoms with Crippen molar-refractivity contribution in [2.75, 3.05) is 37.3 Å². The van der Waals surface area contributed by atoms with Gasteiger partial charge in [0.2, 0.25) is 15.9 Å². The number of rotatable bonds is 4. The third kappa shape index (κ3) is 3.68. The number of nitrogens with one attached hydrogen (secondary N) is 1. The van der Waals surface area contributed by atoms with Gasteiger partial charge in [-0.05, 0) is 19.1 Å². The lowest BCUT2D eigenvalue weighted by Crippen LogP contribution is -2.54. The number of piperazine rings is 1. The number of hydrogen-bond acceptors (Lipinski definition) is 6. The van der Waals surface area contributed by atoms with Gasteiger partial charge in [0.05, 0.1) is 12.3 Å². The van der Waals surface area contributed by atoms with Gasteiger partial charge >= 0.3 is 0 Å². The molecule has 24 heavy (non-hydrogen) atoms. The Morgan fingerprint density at radius 2 is 1.92 bits per heavy atom. The molecule has 0 spiro atoms. The number of fused-ring (bicyclic) bond motifs is 1. The van der Waals surface area contributed by atoms with Crippen LogP contribution >= 0.6 is 0 Å². The number of benzene rings is 1. The maximum Gasteiger partial charge on any atom is 0.298 e. The smallest absolute Gasteiger partial charge is 0.298 e. The van der Waals surface area contributed by atoms with Crippen LogP contribution in [-0.4, -0.2) is 62.7 Å². The van der Waals surface area contributed by atoms with Gasteiger partial charge in [0.15, 0.2) is 5.58 Å². The predicted molar refractivity (Wildman–Crippen MR) is 90.2 cm³/mol. The van der Waals surface area contributed by atoms with Crippen LogP contribution in [0.4, 0.5) is 6.01 Å². The van der Waals surface area contributed by atoms with Crippen molar-refractivity contribution in [3.63, 3.8) is 0 Å². The first-order chi connectivity index (χ1) is 11.3. The highest BCUT2D eigenvalue weighted by atomic mass is 32.2. The van der Waals surface area contributed by atoms with Crippen LogP contribution in [0.1, 0.15) is 6.92 Å². The van der Waals surface area contributed by atoms with Gasteiger partial charge < -0.3 is 14.2 Å². The van der Waals surface area contributed by atoms with Gasteiger partial charge in [-0.1, -0.05) is 12.1 Å². The molecule has 1 aromatic heterocycles. The highest BCUT2D eigenvalue weighted by Gasteiger charge is 2.27. The zero-order valence-corrected chi connectivity index (χ0v) is 14.4. The number of nitrogens with zero attached hydrogens (tertiary/aromatic N) is 3. The van der Waals surface area contributed by atoms with Crippen LogP contribution in [0, 0.1) is 0 Å². The third-order valence-electron chi connectivity index (χ3n) is 3.91. The Kier molecular flexibility index (Phi) is 4.46. The van der Waals surface area contributed by atoms with E-state index in [-0.39, 0.29) is 5.91 Å². The summed E-state index contributed by atoms with van der Waals surface area (Å²) in [7, 11) is -3.41. The Bertz CT molecular complexity index is 807. The first kappa shape index (κ1) is 16.7. The molecule has 9 heteroatoms. The second-order valence-corrected chi connectivity index (χ2v) is 7.67. The number of oxazole rings is 1. The molecule has 2 aromatic rings. The van der Waals surface area contributed by atoms with Gasteiger partial charge in [-0.2, -0.15) is 4.98 Å². The molecule has 0 radical (unpaired) electrons. The molecule has 8 nitrogen and oxygen atoms in total. The summed E-state index contributed by atoms with van der Waals surface area (Å²) in [6.07, 6.45) is 1.04. The maximum absolute atomic E-state index is 12.3. The minimum absolute atomic E-state index is 0.224. The average Bonchev–Trinajstić information content (AvgIpc) is 2.96. The van der Waals surface area contributed by atoms with E-state index >= 15 is 0 Å². The molecule has 0 aliphatic carbocycles. The summed E-state index contributed by atoms with van der Waals surface area (Å²) >= 11 is 0. The molecule has 1 aliphatic rings. The monoisotopic (exact) mass is 352 g/mol. The van der Waals surface area contributed by atoms with Gasteiger partial charge in [-0.3, -0.25) is 4.79 Å². The zero-order chi connectivity index (χ0) is 17.3. The van der Waals surface area contributed by atoms with E-state index in [1.165, 1.54) is 0 Å². The standard InChI is InChI=1S/C15H20N4O4S/c1-11(17-24(2,21)22)14(20)18-7-9-19(10-8-18)15-16-12-5-3-4-6-13(12)23-15/h3-6,11,17H,7-10H2,1-2H3/t11-/m1/s1. The Balaban J connectivity index is 1.62. The van der Waals surface area contributed by atoms with Gasteiger partial charge in [-0.15, -0.1) is 0 Å². The minimum atomic E-state index is -3.41. The predicted octanol–water partition coefficient (Wildman–Crippen LogP) is 0.414. The van der Waals surface area contributed by atoms with E-state index in [0.717, 1.165) is 17.4 Å². The van der Waals surface area contributed by atoms with Crippen LogP contribution < -0.4 is 9.62 Å². The molecule has 0 bridgehead atoms. The van der Waals surface area contributed by atoms with Gasteiger partial charge in [0.25, 0.3) is 6.01 Å². The van der Waals surface area contributed by atoms with E-state index in [9.17, 15) is 13.2 Å². The lowest BCUT2D eigenvalue weighted by molar-refractivity contribution is -0.132. The van der Waals surface area contributed by atoms with Crippen LogP contribution in [0.15, 0.2) is 28.7 Å². The molecule has 1 N–H and O–H groups in total. The topological polar surface area (TPSA) is 95.8 Å². The Labute approximate surface area is 140 Å². The lowest BCUT2D eigenvalue weighted by atomic mass is 10.2. The van der Waals surface area contributed by atoms with Crippen molar-refractivity contribution >= 4 is 33.0 Å². The molecule has 1 aromatic carbocycles. The van der Waals surface area contributed by atoms with Crippen molar-refractivity contribution in [3.8, 4) is 0 Å². The molecular formula is C15H20N4O4S.